The van der Waals surface area contributed by atoms with Gasteiger partial charge in [-0.05, 0) is 25.5 Å². The number of halogens is 3. The SMILES string of the molecule is CC1OCCC1Nc1nc(C(F)(F)F)ccc1C(N)=S. The number of hydrogen-bond donors (Lipinski definition) is 2. The second-order valence-electron chi connectivity index (χ2n) is 4.57. The second kappa shape index (κ2) is 5.53. The largest absolute Gasteiger partial charge is 0.433 e. The van der Waals surface area contributed by atoms with Gasteiger partial charge in [0.15, 0.2) is 0 Å². The van der Waals surface area contributed by atoms with Crippen LogP contribution in [0.2, 0.25) is 0 Å². The lowest BCUT2D eigenvalue weighted by molar-refractivity contribution is -0.141. The number of thiocarbonyl (C=S) groups is 1. The molecule has 0 aromatic carbocycles. The number of hydrogen-bond acceptors (Lipinski definition) is 4. The van der Waals surface area contributed by atoms with Crippen LogP contribution >= 0.6 is 12.2 Å². The summed E-state index contributed by atoms with van der Waals surface area (Å²) in [6.45, 7) is 2.40. The fraction of sp³-hybridized carbons (Fsp3) is 0.500. The first-order chi connectivity index (χ1) is 9.29. The molecular formula is C12H14F3N3OS. The summed E-state index contributed by atoms with van der Waals surface area (Å²) in [5, 5.41) is 2.95. The number of nitrogens with one attached hydrogen (secondary N) is 1. The van der Waals surface area contributed by atoms with Crippen LogP contribution in [-0.2, 0) is 10.9 Å². The predicted molar refractivity (Wildman–Crippen MR) is 72.6 cm³/mol. The van der Waals surface area contributed by atoms with Crippen molar-refractivity contribution < 1.29 is 17.9 Å². The topological polar surface area (TPSA) is 60.2 Å². The molecule has 3 N–H and O–H groups in total. The minimum absolute atomic E-state index is 0.000271. The fourth-order valence-electron chi connectivity index (χ4n) is 2.02. The molecule has 1 saturated heterocycles. The van der Waals surface area contributed by atoms with Crippen molar-refractivity contribution in [3.63, 3.8) is 0 Å². The molecule has 2 rings (SSSR count). The van der Waals surface area contributed by atoms with Crippen molar-refractivity contribution in [2.24, 2.45) is 5.73 Å². The van der Waals surface area contributed by atoms with Gasteiger partial charge in [-0.2, -0.15) is 13.2 Å². The van der Waals surface area contributed by atoms with E-state index in [2.05, 4.69) is 10.3 Å². The van der Waals surface area contributed by atoms with Crippen molar-refractivity contribution in [3.05, 3.63) is 23.4 Å². The van der Waals surface area contributed by atoms with Gasteiger partial charge in [0, 0.05) is 6.61 Å². The molecule has 0 radical (unpaired) electrons. The van der Waals surface area contributed by atoms with Crippen molar-refractivity contribution in [3.8, 4) is 0 Å². The van der Waals surface area contributed by atoms with Crippen molar-refractivity contribution in [1.29, 1.82) is 0 Å². The monoisotopic (exact) mass is 305 g/mol. The highest BCUT2D eigenvalue weighted by Gasteiger charge is 2.34. The van der Waals surface area contributed by atoms with E-state index >= 15 is 0 Å². The summed E-state index contributed by atoms with van der Waals surface area (Å²) in [6.07, 6.45) is -3.93. The van der Waals surface area contributed by atoms with Crippen LogP contribution < -0.4 is 11.1 Å². The molecule has 0 amide bonds. The van der Waals surface area contributed by atoms with Crippen LogP contribution in [-0.4, -0.2) is 28.7 Å². The number of rotatable bonds is 3. The zero-order valence-corrected chi connectivity index (χ0v) is 11.5. The molecule has 4 nitrogen and oxygen atoms in total. The molecule has 0 spiro atoms. The van der Waals surface area contributed by atoms with Crippen LogP contribution in [0.5, 0.6) is 0 Å². The van der Waals surface area contributed by atoms with Gasteiger partial charge in [-0.15, -0.1) is 0 Å². The minimum Gasteiger partial charge on any atom is -0.389 e. The number of nitrogens with zero attached hydrogens (tertiary/aromatic N) is 1. The average molecular weight is 305 g/mol. The third-order valence-electron chi connectivity index (χ3n) is 3.15. The van der Waals surface area contributed by atoms with E-state index in [1.54, 1.807) is 0 Å². The van der Waals surface area contributed by atoms with Gasteiger partial charge in [-0.3, -0.25) is 0 Å². The van der Waals surface area contributed by atoms with Gasteiger partial charge in [0.1, 0.15) is 16.5 Å². The van der Waals surface area contributed by atoms with E-state index < -0.39 is 11.9 Å². The van der Waals surface area contributed by atoms with Gasteiger partial charge in [0.2, 0.25) is 0 Å². The van der Waals surface area contributed by atoms with Crippen LogP contribution in [0.3, 0.4) is 0 Å². The van der Waals surface area contributed by atoms with E-state index in [9.17, 15) is 13.2 Å². The minimum atomic E-state index is -4.51. The summed E-state index contributed by atoms with van der Waals surface area (Å²) in [7, 11) is 0. The van der Waals surface area contributed by atoms with Crippen molar-refractivity contribution in [2.75, 3.05) is 11.9 Å². The summed E-state index contributed by atoms with van der Waals surface area (Å²) in [6, 6.07) is 1.99. The fourth-order valence-corrected chi connectivity index (χ4v) is 2.19. The van der Waals surface area contributed by atoms with Crippen molar-refractivity contribution in [2.45, 2.75) is 31.7 Å². The van der Waals surface area contributed by atoms with E-state index in [1.165, 1.54) is 6.07 Å². The molecule has 110 valence electrons. The zero-order valence-electron chi connectivity index (χ0n) is 10.7. The Morgan fingerprint density at radius 3 is 2.70 bits per heavy atom. The molecule has 2 unspecified atom stereocenters. The first-order valence-corrected chi connectivity index (χ1v) is 6.46. The quantitative estimate of drug-likeness (QED) is 0.839. The molecule has 1 fully saturated rings. The first-order valence-electron chi connectivity index (χ1n) is 6.05. The number of pyridine rings is 1. The van der Waals surface area contributed by atoms with Crippen LogP contribution in [0.15, 0.2) is 12.1 Å². The number of alkyl halides is 3. The lowest BCUT2D eigenvalue weighted by Crippen LogP contribution is -2.29. The van der Waals surface area contributed by atoms with E-state index in [0.717, 1.165) is 6.07 Å². The Labute approximate surface area is 119 Å². The molecule has 1 aromatic rings. The maximum atomic E-state index is 12.7. The maximum Gasteiger partial charge on any atom is 0.433 e. The van der Waals surface area contributed by atoms with Gasteiger partial charge < -0.3 is 15.8 Å². The Balaban J connectivity index is 2.34. The van der Waals surface area contributed by atoms with E-state index in [-0.39, 0.29) is 23.0 Å². The van der Waals surface area contributed by atoms with Gasteiger partial charge in [-0.1, -0.05) is 12.2 Å². The second-order valence-corrected chi connectivity index (χ2v) is 5.01. The molecule has 20 heavy (non-hydrogen) atoms. The Morgan fingerprint density at radius 1 is 1.50 bits per heavy atom. The lowest BCUT2D eigenvalue weighted by atomic mass is 10.1. The summed E-state index contributed by atoms with van der Waals surface area (Å²) in [5.41, 5.74) is 4.84. The van der Waals surface area contributed by atoms with Gasteiger partial charge >= 0.3 is 6.18 Å². The number of nitrogens with two attached hydrogens (primary N) is 1. The summed E-state index contributed by atoms with van der Waals surface area (Å²) in [4.78, 5) is 3.60. The highest BCUT2D eigenvalue weighted by Crippen LogP contribution is 2.30. The Hall–Kier alpha value is -1.41. The molecule has 2 heterocycles. The Morgan fingerprint density at radius 2 is 2.20 bits per heavy atom. The zero-order chi connectivity index (χ0) is 14.9. The molecule has 1 aliphatic heterocycles. The molecule has 0 bridgehead atoms. The van der Waals surface area contributed by atoms with Crippen LogP contribution in [0.25, 0.3) is 0 Å². The third-order valence-corrected chi connectivity index (χ3v) is 3.37. The van der Waals surface area contributed by atoms with Crippen LogP contribution in [0.1, 0.15) is 24.6 Å². The van der Waals surface area contributed by atoms with Crippen LogP contribution in [0, 0.1) is 0 Å². The van der Waals surface area contributed by atoms with Crippen molar-refractivity contribution >= 4 is 23.0 Å². The summed E-state index contributed by atoms with van der Waals surface area (Å²) >= 11 is 4.84. The van der Waals surface area contributed by atoms with Gasteiger partial charge in [-0.25, -0.2) is 4.98 Å². The molecule has 0 aliphatic carbocycles. The summed E-state index contributed by atoms with van der Waals surface area (Å²) < 4.78 is 43.5. The average Bonchev–Trinajstić information content (AvgIpc) is 2.73. The summed E-state index contributed by atoms with van der Waals surface area (Å²) in [5.74, 6) is 0.0506. The number of aromatic nitrogens is 1. The van der Waals surface area contributed by atoms with Gasteiger partial charge in [0.05, 0.1) is 17.7 Å². The molecule has 2 atom stereocenters. The first kappa shape index (κ1) is 15.0. The Kier molecular flexibility index (Phi) is 4.14. The lowest BCUT2D eigenvalue weighted by Gasteiger charge is -2.19. The van der Waals surface area contributed by atoms with Gasteiger partial charge in [0.25, 0.3) is 0 Å². The molecule has 0 saturated carbocycles. The maximum absolute atomic E-state index is 12.7. The standard InChI is InChI=1S/C12H14F3N3OS/c1-6-8(4-5-19-6)17-11-7(10(16)20)2-3-9(18-11)12(13,14)15/h2-3,6,8H,4-5H2,1H3,(H2,16,20)(H,17,18). The van der Waals surface area contributed by atoms with E-state index in [0.29, 0.717) is 18.6 Å². The number of ether oxygens (including phenoxy) is 1. The molecular weight excluding hydrogens is 291 g/mol. The Bertz CT molecular complexity index is 521. The highest BCUT2D eigenvalue weighted by molar-refractivity contribution is 7.80. The van der Waals surface area contributed by atoms with Crippen LogP contribution in [0.4, 0.5) is 19.0 Å². The molecule has 8 heteroatoms. The third kappa shape index (κ3) is 3.18. The van der Waals surface area contributed by atoms with E-state index in [4.69, 9.17) is 22.7 Å². The normalized spacial score (nSPS) is 22.8. The van der Waals surface area contributed by atoms with Crippen molar-refractivity contribution in [1.82, 2.24) is 4.98 Å². The predicted octanol–water partition coefficient (Wildman–Crippen LogP) is 2.32. The molecule has 1 aromatic heterocycles. The molecule has 1 aliphatic rings. The number of anilines is 1. The van der Waals surface area contributed by atoms with E-state index in [1.807, 2.05) is 6.92 Å². The highest BCUT2D eigenvalue weighted by atomic mass is 32.1. The smallest absolute Gasteiger partial charge is 0.389 e.